The Morgan fingerprint density at radius 1 is 1.80 bits per heavy atom. The number of rotatable bonds is 1. The highest BCUT2D eigenvalue weighted by atomic mass is 16.7. The summed E-state index contributed by atoms with van der Waals surface area (Å²) in [5.74, 6) is 3.89. The first-order valence-corrected chi connectivity index (χ1v) is 2.94. The van der Waals surface area contributed by atoms with Crippen LogP contribution in [0.25, 0.3) is 0 Å². The minimum Gasteiger partial charge on any atom is -0.372 e. The number of nitrogens with one attached hydrogen (secondary N) is 1. The molecular formula is C5H8N2O3. The Balaban J connectivity index is 2.44. The monoisotopic (exact) mass is 144 g/mol. The summed E-state index contributed by atoms with van der Waals surface area (Å²) in [6, 6.07) is -0.530. The normalized spacial score (nSPS) is 24.1. The molecule has 0 spiro atoms. The predicted octanol–water partition coefficient (Wildman–Crippen LogP) is -1.32. The van der Waals surface area contributed by atoms with Gasteiger partial charge in [-0.1, -0.05) is 0 Å². The summed E-state index contributed by atoms with van der Waals surface area (Å²) in [5.41, 5.74) is 0. The van der Waals surface area contributed by atoms with E-state index in [-0.39, 0.29) is 5.91 Å². The fourth-order valence-electron chi connectivity index (χ4n) is 0.873. The third kappa shape index (κ3) is 1.24. The van der Waals surface area contributed by atoms with Crippen molar-refractivity contribution >= 4 is 11.9 Å². The van der Waals surface area contributed by atoms with Gasteiger partial charge in [0.25, 0.3) is 0 Å². The van der Waals surface area contributed by atoms with E-state index in [1.54, 1.807) is 0 Å². The Labute approximate surface area is 57.5 Å². The van der Waals surface area contributed by atoms with E-state index in [0.717, 1.165) is 0 Å². The molecule has 1 atom stereocenters. The van der Waals surface area contributed by atoms with E-state index < -0.39 is 12.0 Å². The average Bonchev–Trinajstić information content (AvgIpc) is 2.34. The van der Waals surface area contributed by atoms with Crippen molar-refractivity contribution in [2.24, 2.45) is 5.90 Å². The topological polar surface area (TPSA) is 81.4 Å². The van der Waals surface area contributed by atoms with Gasteiger partial charge < -0.3 is 10.2 Å². The first kappa shape index (κ1) is 7.01. The van der Waals surface area contributed by atoms with Gasteiger partial charge in [0.05, 0.1) is 0 Å². The van der Waals surface area contributed by atoms with Crippen molar-refractivity contribution in [3.63, 3.8) is 0 Å². The Hall–Kier alpha value is -1.10. The Bertz CT molecular complexity index is 168. The maximum Gasteiger partial charge on any atom is 0.347 e. The third-order valence-electron chi connectivity index (χ3n) is 1.40. The van der Waals surface area contributed by atoms with Crippen LogP contribution in [0.3, 0.4) is 0 Å². The molecule has 0 bridgehead atoms. The quantitative estimate of drug-likeness (QED) is 0.447. The van der Waals surface area contributed by atoms with Crippen molar-refractivity contribution in [2.45, 2.75) is 18.9 Å². The molecule has 0 saturated carbocycles. The summed E-state index contributed by atoms with van der Waals surface area (Å²) >= 11 is 0. The average molecular weight is 144 g/mol. The van der Waals surface area contributed by atoms with Crippen LogP contribution in [-0.2, 0) is 14.4 Å². The fourth-order valence-corrected chi connectivity index (χ4v) is 0.873. The Morgan fingerprint density at radius 2 is 2.50 bits per heavy atom. The minimum atomic E-state index is -0.578. The molecule has 10 heavy (non-hydrogen) atoms. The second kappa shape index (κ2) is 2.66. The molecule has 1 aliphatic rings. The Kier molecular flexibility index (Phi) is 1.86. The van der Waals surface area contributed by atoms with Crippen LogP contribution in [0.1, 0.15) is 12.8 Å². The van der Waals surface area contributed by atoms with Gasteiger partial charge in [-0.3, -0.25) is 4.79 Å². The Morgan fingerprint density at radius 3 is 2.90 bits per heavy atom. The van der Waals surface area contributed by atoms with Crippen LogP contribution in [0.4, 0.5) is 0 Å². The summed E-state index contributed by atoms with van der Waals surface area (Å²) < 4.78 is 0. The predicted molar refractivity (Wildman–Crippen MR) is 31.4 cm³/mol. The van der Waals surface area contributed by atoms with E-state index >= 15 is 0 Å². The molecular weight excluding hydrogens is 136 g/mol. The van der Waals surface area contributed by atoms with Gasteiger partial charge >= 0.3 is 5.97 Å². The smallest absolute Gasteiger partial charge is 0.347 e. The molecule has 56 valence electrons. The van der Waals surface area contributed by atoms with Gasteiger partial charge in [-0.05, 0) is 6.42 Å². The number of carbonyl (C=O) groups excluding carboxylic acids is 2. The van der Waals surface area contributed by atoms with E-state index in [1.165, 1.54) is 0 Å². The van der Waals surface area contributed by atoms with Crippen molar-refractivity contribution in [3.05, 3.63) is 0 Å². The van der Waals surface area contributed by atoms with Crippen LogP contribution in [0.15, 0.2) is 0 Å². The standard InChI is InChI=1S/C5H8N2O3/c6-10-5(9)3-1-2-4(8)7-3/h3H,1-2,6H2,(H,7,8). The van der Waals surface area contributed by atoms with E-state index in [2.05, 4.69) is 16.1 Å². The zero-order chi connectivity index (χ0) is 7.56. The van der Waals surface area contributed by atoms with Crippen molar-refractivity contribution in [2.75, 3.05) is 0 Å². The van der Waals surface area contributed by atoms with Crippen molar-refractivity contribution in [1.82, 2.24) is 5.32 Å². The third-order valence-corrected chi connectivity index (χ3v) is 1.40. The molecule has 1 fully saturated rings. The van der Waals surface area contributed by atoms with Crippen LogP contribution < -0.4 is 11.2 Å². The molecule has 1 saturated heterocycles. The lowest BCUT2D eigenvalue weighted by molar-refractivity contribution is -0.147. The number of nitrogens with two attached hydrogens (primary N) is 1. The number of hydrogen-bond acceptors (Lipinski definition) is 4. The summed E-state index contributed by atoms with van der Waals surface area (Å²) in [6.07, 6.45) is 0.856. The van der Waals surface area contributed by atoms with E-state index in [4.69, 9.17) is 0 Å². The van der Waals surface area contributed by atoms with E-state index in [9.17, 15) is 9.59 Å². The van der Waals surface area contributed by atoms with Crippen LogP contribution in [0.5, 0.6) is 0 Å². The summed E-state index contributed by atoms with van der Waals surface area (Å²) in [5, 5.41) is 2.41. The summed E-state index contributed by atoms with van der Waals surface area (Å²) in [6.45, 7) is 0. The molecule has 1 aliphatic heterocycles. The fraction of sp³-hybridized carbons (Fsp3) is 0.600. The van der Waals surface area contributed by atoms with Gasteiger partial charge in [0.1, 0.15) is 6.04 Å². The SMILES string of the molecule is NOC(=O)C1CCC(=O)N1. The second-order valence-electron chi connectivity index (χ2n) is 2.10. The van der Waals surface area contributed by atoms with Crippen LogP contribution in [-0.4, -0.2) is 17.9 Å². The first-order valence-electron chi connectivity index (χ1n) is 2.94. The summed E-state index contributed by atoms with van der Waals surface area (Å²) in [4.78, 5) is 25.0. The minimum absolute atomic E-state index is 0.129. The largest absolute Gasteiger partial charge is 0.372 e. The van der Waals surface area contributed by atoms with E-state index in [1.807, 2.05) is 0 Å². The molecule has 5 nitrogen and oxygen atoms in total. The molecule has 0 aromatic carbocycles. The maximum atomic E-state index is 10.6. The number of hydrogen-bond donors (Lipinski definition) is 2. The zero-order valence-electron chi connectivity index (χ0n) is 5.29. The molecule has 1 rings (SSSR count). The highest BCUT2D eigenvalue weighted by Crippen LogP contribution is 2.06. The van der Waals surface area contributed by atoms with Crippen molar-refractivity contribution in [1.29, 1.82) is 0 Å². The lowest BCUT2D eigenvalue weighted by atomic mass is 10.2. The molecule has 1 heterocycles. The van der Waals surface area contributed by atoms with Crippen molar-refractivity contribution in [3.8, 4) is 0 Å². The maximum absolute atomic E-state index is 10.6. The van der Waals surface area contributed by atoms with E-state index in [0.29, 0.717) is 12.8 Å². The molecule has 0 radical (unpaired) electrons. The van der Waals surface area contributed by atoms with Crippen LogP contribution in [0, 0.1) is 0 Å². The van der Waals surface area contributed by atoms with Gasteiger partial charge in [-0.25, -0.2) is 4.79 Å². The van der Waals surface area contributed by atoms with Crippen LogP contribution in [0.2, 0.25) is 0 Å². The molecule has 3 N–H and O–H groups in total. The first-order chi connectivity index (χ1) is 4.74. The molecule has 1 unspecified atom stereocenters. The zero-order valence-corrected chi connectivity index (χ0v) is 5.29. The van der Waals surface area contributed by atoms with Gasteiger partial charge in [0.2, 0.25) is 5.91 Å². The molecule has 0 aromatic heterocycles. The summed E-state index contributed by atoms with van der Waals surface area (Å²) in [7, 11) is 0. The molecule has 5 heteroatoms. The van der Waals surface area contributed by atoms with Crippen LogP contribution >= 0.6 is 0 Å². The highest BCUT2D eigenvalue weighted by molar-refractivity contribution is 5.87. The van der Waals surface area contributed by atoms with Gasteiger partial charge in [-0.2, -0.15) is 5.90 Å². The second-order valence-corrected chi connectivity index (χ2v) is 2.10. The molecule has 0 aliphatic carbocycles. The van der Waals surface area contributed by atoms with Crippen molar-refractivity contribution < 1.29 is 14.4 Å². The number of amides is 1. The molecule has 0 aromatic rings. The van der Waals surface area contributed by atoms with Gasteiger partial charge in [0, 0.05) is 6.42 Å². The van der Waals surface area contributed by atoms with Gasteiger partial charge in [0.15, 0.2) is 0 Å². The highest BCUT2D eigenvalue weighted by Gasteiger charge is 2.27. The lowest BCUT2D eigenvalue weighted by Crippen LogP contribution is -2.35. The number of carbonyl (C=O) groups is 2. The lowest BCUT2D eigenvalue weighted by Gasteiger charge is -2.03. The molecule has 1 amide bonds. The van der Waals surface area contributed by atoms with Gasteiger partial charge in [-0.15, -0.1) is 0 Å².